The first kappa shape index (κ1) is 13.9. The maximum Gasteiger partial charge on any atom is 0.326 e. The van der Waals surface area contributed by atoms with E-state index in [-0.39, 0.29) is 5.91 Å². The Labute approximate surface area is 91.3 Å². The van der Waals surface area contributed by atoms with Gasteiger partial charge in [0, 0.05) is 13.0 Å². The highest BCUT2D eigenvalue weighted by molar-refractivity contribution is 5.83. The summed E-state index contributed by atoms with van der Waals surface area (Å²) in [5.74, 6) is -0.552. The Morgan fingerprint density at radius 2 is 1.80 bits per heavy atom. The van der Waals surface area contributed by atoms with E-state index in [2.05, 4.69) is 0 Å². The Hall–Kier alpha value is -1.06. The van der Waals surface area contributed by atoms with Gasteiger partial charge in [-0.1, -0.05) is 13.8 Å². The van der Waals surface area contributed by atoms with Crippen molar-refractivity contribution in [1.82, 2.24) is 4.90 Å². The predicted octanol–water partition coefficient (Wildman–Crippen LogP) is 1.74. The van der Waals surface area contributed by atoms with Gasteiger partial charge in [-0.15, -0.1) is 0 Å². The Morgan fingerprint density at radius 1 is 1.27 bits per heavy atom. The first-order valence-corrected chi connectivity index (χ1v) is 5.42. The second-order valence-corrected chi connectivity index (χ2v) is 4.13. The molecule has 0 bridgehead atoms. The fraction of sp³-hybridized carbons (Fsp3) is 0.818. The number of hydrogen-bond donors (Lipinski definition) is 1. The molecule has 0 radical (unpaired) electrons. The summed E-state index contributed by atoms with van der Waals surface area (Å²) in [6, 6.07) is -0.727. The van der Waals surface area contributed by atoms with Crippen LogP contribution in [0.5, 0.6) is 0 Å². The number of carbonyl (C=O) groups is 2. The van der Waals surface area contributed by atoms with E-state index in [4.69, 9.17) is 5.11 Å². The lowest BCUT2D eigenvalue weighted by Crippen LogP contribution is -2.43. The summed E-state index contributed by atoms with van der Waals surface area (Å²) in [4.78, 5) is 23.8. The molecule has 0 heterocycles. The Morgan fingerprint density at radius 3 is 2.13 bits per heavy atom. The number of likely N-dealkylation sites (N-methyl/N-ethyl adjacent to an activating group) is 1. The SMILES string of the molecule is CCN(C(=O)CCC(C)C)[C@@H](C)C(=O)O. The van der Waals surface area contributed by atoms with Gasteiger partial charge in [0.05, 0.1) is 0 Å². The lowest BCUT2D eigenvalue weighted by atomic mass is 10.1. The van der Waals surface area contributed by atoms with Gasteiger partial charge >= 0.3 is 5.97 Å². The third-order valence-electron chi connectivity index (χ3n) is 2.42. The second kappa shape index (κ2) is 6.43. The molecule has 0 aromatic carbocycles. The van der Waals surface area contributed by atoms with Crippen molar-refractivity contribution < 1.29 is 14.7 Å². The molecule has 4 nitrogen and oxygen atoms in total. The molecule has 0 fully saturated rings. The molecule has 0 aliphatic carbocycles. The van der Waals surface area contributed by atoms with Crippen LogP contribution in [-0.2, 0) is 9.59 Å². The number of carboxylic acids is 1. The van der Waals surface area contributed by atoms with Crippen LogP contribution in [0.1, 0.15) is 40.5 Å². The zero-order valence-corrected chi connectivity index (χ0v) is 9.99. The molecule has 0 spiro atoms. The molecular formula is C11H21NO3. The van der Waals surface area contributed by atoms with Crippen molar-refractivity contribution in [2.75, 3.05) is 6.54 Å². The zero-order chi connectivity index (χ0) is 12.0. The van der Waals surface area contributed by atoms with Gasteiger partial charge in [0.25, 0.3) is 0 Å². The fourth-order valence-electron chi connectivity index (χ4n) is 1.36. The molecule has 1 amide bonds. The van der Waals surface area contributed by atoms with Crippen LogP contribution in [-0.4, -0.2) is 34.5 Å². The number of nitrogens with zero attached hydrogens (tertiary/aromatic N) is 1. The van der Waals surface area contributed by atoms with Crippen molar-refractivity contribution in [1.29, 1.82) is 0 Å². The van der Waals surface area contributed by atoms with Crippen LogP contribution in [0.4, 0.5) is 0 Å². The standard InChI is InChI=1S/C11H21NO3/c1-5-12(9(4)11(14)15)10(13)7-6-8(2)3/h8-9H,5-7H2,1-4H3,(H,14,15)/t9-/m0/s1. The van der Waals surface area contributed by atoms with Crippen molar-refractivity contribution in [2.24, 2.45) is 5.92 Å². The monoisotopic (exact) mass is 215 g/mol. The number of aliphatic carboxylic acids is 1. The first-order valence-electron chi connectivity index (χ1n) is 5.42. The number of hydrogen-bond acceptors (Lipinski definition) is 2. The van der Waals surface area contributed by atoms with Crippen molar-refractivity contribution in [2.45, 2.75) is 46.6 Å². The molecule has 0 unspecified atom stereocenters. The summed E-state index contributed by atoms with van der Waals surface area (Å²) < 4.78 is 0. The second-order valence-electron chi connectivity index (χ2n) is 4.13. The van der Waals surface area contributed by atoms with Gasteiger partial charge in [-0.2, -0.15) is 0 Å². The Kier molecular flexibility index (Phi) is 5.97. The molecule has 1 N–H and O–H groups in total. The summed E-state index contributed by atoms with van der Waals surface area (Å²) in [7, 11) is 0. The molecular weight excluding hydrogens is 194 g/mol. The average Bonchev–Trinajstić information content (AvgIpc) is 2.15. The summed E-state index contributed by atoms with van der Waals surface area (Å²) in [5.41, 5.74) is 0. The number of carbonyl (C=O) groups excluding carboxylic acids is 1. The van der Waals surface area contributed by atoms with Crippen molar-refractivity contribution in [3.63, 3.8) is 0 Å². The van der Waals surface area contributed by atoms with Gasteiger partial charge in [-0.05, 0) is 26.2 Å². The summed E-state index contributed by atoms with van der Waals surface area (Å²) in [6.07, 6.45) is 1.24. The highest BCUT2D eigenvalue weighted by atomic mass is 16.4. The minimum Gasteiger partial charge on any atom is -0.480 e. The summed E-state index contributed by atoms with van der Waals surface area (Å²) in [6.45, 7) is 7.88. The van der Waals surface area contributed by atoms with Gasteiger partial charge in [-0.3, -0.25) is 4.79 Å². The van der Waals surface area contributed by atoms with Crippen LogP contribution in [0.25, 0.3) is 0 Å². The maximum atomic E-state index is 11.7. The molecule has 15 heavy (non-hydrogen) atoms. The van der Waals surface area contributed by atoms with Gasteiger partial charge in [0.15, 0.2) is 0 Å². The minimum atomic E-state index is -0.949. The van der Waals surface area contributed by atoms with Crippen LogP contribution in [0.15, 0.2) is 0 Å². The normalized spacial score (nSPS) is 12.6. The third-order valence-corrected chi connectivity index (χ3v) is 2.42. The molecule has 0 aromatic heterocycles. The molecule has 1 atom stereocenters. The van der Waals surface area contributed by atoms with E-state index in [0.29, 0.717) is 18.9 Å². The van der Waals surface area contributed by atoms with E-state index < -0.39 is 12.0 Å². The summed E-state index contributed by atoms with van der Waals surface area (Å²) >= 11 is 0. The van der Waals surface area contributed by atoms with Crippen molar-refractivity contribution >= 4 is 11.9 Å². The van der Waals surface area contributed by atoms with Crippen LogP contribution in [0.3, 0.4) is 0 Å². The lowest BCUT2D eigenvalue weighted by molar-refractivity contribution is -0.149. The molecule has 0 aliphatic heterocycles. The van der Waals surface area contributed by atoms with Crippen LogP contribution in [0.2, 0.25) is 0 Å². The van der Waals surface area contributed by atoms with E-state index >= 15 is 0 Å². The van der Waals surface area contributed by atoms with E-state index in [1.54, 1.807) is 13.8 Å². The quantitative estimate of drug-likeness (QED) is 0.734. The Balaban J connectivity index is 4.28. The van der Waals surface area contributed by atoms with Crippen LogP contribution in [0, 0.1) is 5.92 Å². The van der Waals surface area contributed by atoms with Gasteiger partial charge in [0.1, 0.15) is 6.04 Å². The van der Waals surface area contributed by atoms with Gasteiger partial charge < -0.3 is 10.0 Å². The molecule has 0 aromatic rings. The zero-order valence-electron chi connectivity index (χ0n) is 9.99. The van der Waals surface area contributed by atoms with E-state index in [1.807, 2.05) is 13.8 Å². The number of rotatable bonds is 6. The Bertz CT molecular complexity index is 226. The molecule has 0 aliphatic rings. The van der Waals surface area contributed by atoms with E-state index in [9.17, 15) is 9.59 Å². The van der Waals surface area contributed by atoms with Gasteiger partial charge in [0.2, 0.25) is 5.91 Å². The number of carboxylic acid groups (broad SMARTS) is 1. The molecule has 88 valence electrons. The topological polar surface area (TPSA) is 57.6 Å². The van der Waals surface area contributed by atoms with Crippen LogP contribution < -0.4 is 0 Å². The third kappa shape index (κ3) is 4.81. The smallest absolute Gasteiger partial charge is 0.326 e. The largest absolute Gasteiger partial charge is 0.480 e. The molecule has 0 saturated heterocycles. The molecule has 0 saturated carbocycles. The highest BCUT2D eigenvalue weighted by Crippen LogP contribution is 2.08. The average molecular weight is 215 g/mol. The predicted molar refractivity (Wildman–Crippen MR) is 58.6 cm³/mol. The first-order chi connectivity index (χ1) is 6.90. The fourth-order valence-corrected chi connectivity index (χ4v) is 1.36. The molecule has 0 rings (SSSR count). The van der Waals surface area contributed by atoms with E-state index in [1.165, 1.54) is 4.90 Å². The maximum absolute atomic E-state index is 11.7. The lowest BCUT2D eigenvalue weighted by Gasteiger charge is -2.25. The van der Waals surface area contributed by atoms with Crippen molar-refractivity contribution in [3.8, 4) is 0 Å². The van der Waals surface area contributed by atoms with E-state index in [0.717, 1.165) is 6.42 Å². The number of amides is 1. The van der Waals surface area contributed by atoms with Crippen molar-refractivity contribution in [3.05, 3.63) is 0 Å². The van der Waals surface area contributed by atoms with Crippen LogP contribution >= 0.6 is 0 Å². The molecule has 4 heteroatoms. The highest BCUT2D eigenvalue weighted by Gasteiger charge is 2.23. The summed E-state index contributed by atoms with van der Waals surface area (Å²) in [5, 5.41) is 8.82. The van der Waals surface area contributed by atoms with Gasteiger partial charge in [-0.25, -0.2) is 4.79 Å². The minimum absolute atomic E-state index is 0.0684.